The van der Waals surface area contributed by atoms with Gasteiger partial charge in [0.25, 0.3) is 5.91 Å². The van der Waals surface area contributed by atoms with Crippen molar-refractivity contribution in [1.29, 1.82) is 0 Å². The van der Waals surface area contributed by atoms with Crippen molar-refractivity contribution in [2.45, 2.75) is 35.8 Å². The molecule has 2 aromatic rings. The molecule has 0 aliphatic heterocycles. The molecule has 0 heterocycles. The molecular weight excluding hydrogens is 400 g/mol. The number of nitrogens with two attached hydrogens (primary N) is 1. The van der Waals surface area contributed by atoms with Gasteiger partial charge in [-0.05, 0) is 61.4 Å². The summed E-state index contributed by atoms with van der Waals surface area (Å²) < 4.78 is 30.6. The van der Waals surface area contributed by atoms with Crippen LogP contribution >= 0.6 is 12.4 Å². The standard InChI is InChI=1S/C20H24N2O4S.ClH/c21-13-14-26-17-9-7-16(8-10-17)22-20(23)15-5-11-19(12-6-15)27(24,25)18-3-1-2-4-18;/h5-12,18H,1-4,13-14,21H2,(H,22,23);1H. The van der Waals surface area contributed by atoms with Gasteiger partial charge in [0.2, 0.25) is 0 Å². The summed E-state index contributed by atoms with van der Waals surface area (Å²) in [7, 11) is -3.31. The van der Waals surface area contributed by atoms with Crippen LogP contribution in [0.25, 0.3) is 0 Å². The number of ether oxygens (including phenoxy) is 1. The van der Waals surface area contributed by atoms with E-state index in [1.54, 1.807) is 36.4 Å². The van der Waals surface area contributed by atoms with Gasteiger partial charge in [-0.1, -0.05) is 12.8 Å². The van der Waals surface area contributed by atoms with Gasteiger partial charge in [0.05, 0.1) is 10.1 Å². The second-order valence-electron chi connectivity index (χ2n) is 6.59. The average Bonchev–Trinajstić information content (AvgIpc) is 3.23. The van der Waals surface area contributed by atoms with Crippen LogP contribution in [0, 0.1) is 0 Å². The Morgan fingerprint density at radius 3 is 2.21 bits per heavy atom. The van der Waals surface area contributed by atoms with Crippen LogP contribution in [0.15, 0.2) is 53.4 Å². The molecule has 0 spiro atoms. The van der Waals surface area contributed by atoms with Crippen molar-refractivity contribution in [3.05, 3.63) is 54.1 Å². The Hall–Kier alpha value is -2.09. The van der Waals surface area contributed by atoms with Gasteiger partial charge in [-0.2, -0.15) is 0 Å². The number of carbonyl (C=O) groups excluding carboxylic acids is 1. The lowest BCUT2D eigenvalue weighted by Gasteiger charge is -2.12. The highest BCUT2D eigenvalue weighted by atomic mass is 35.5. The summed E-state index contributed by atoms with van der Waals surface area (Å²) >= 11 is 0. The molecule has 3 rings (SSSR count). The van der Waals surface area contributed by atoms with Crippen LogP contribution < -0.4 is 15.8 Å². The van der Waals surface area contributed by atoms with Gasteiger partial charge in [0.1, 0.15) is 12.4 Å². The fourth-order valence-corrected chi connectivity index (χ4v) is 5.06. The summed E-state index contributed by atoms with van der Waals surface area (Å²) in [6.07, 6.45) is 3.35. The third-order valence-corrected chi connectivity index (χ3v) is 6.96. The maximum Gasteiger partial charge on any atom is 0.255 e. The van der Waals surface area contributed by atoms with Crippen LogP contribution in [-0.2, 0) is 9.84 Å². The molecule has 28 heavy (non-hydrogen) atoms. The van der Waals surface area contributed by atoms with Gasteiger partial charge in [-0.3, -0.25) is 4.79 Å². The fraction of sp³-hybridized carbons (Fsp3) is 0.350. The van der Waals surface area contributed by atoms with Gasteiger partial charge >= 0.3 is 0 Å². The van der Waals surface area contributed by atoms with Gasteiger partial charge in [-0.25, -0.2) is 8.42 Å². The van der Waals surface area contributed by atoms with E-state index in [-0.39, 0.29) is 28.5 Å². The number of carbonyl (C=O) groups is 1. The van der Waals surface area contributed by atoms with Crippen LogP contribution in [-0.4, -0.2) is 32.7 Å². The summed E-state index contributed by atoms with van der Waals surface area (Å²) in [4.78, 5) is 12.7. The molecule has 2 aromatic carbocycles. The van der Waals surface area contributed by atoms with E-state index in [9.17, 15) is 13.2 Å². The predicted molar refractivity (Wildman–Crippen MR) is 112 cm³/mol. The number of halogens is 1. The molecule has 6 nitrogen and oxygen atoms in total. The zero-order valence-corrected chi connectivity index (χ0v) is 17.1. The first kappa shape index (κ1) is 22.2. The molecule has 0 unspecified atom stereocenters. The molecule has 0 radical (unpaired) electrons. The summed E-state index contributed by atoms with van der Waals surface area (Å²) in [5, 5.41) is 2.49. The maximum atomic E-state index is 12.6. The second-order valence-corrected chi connectivity index (χ2v) is 8.82. The number of amides is 1. The largest absolute Gasteiger partial charge is 0.492 e. The highest BCUT2D eigenvalue weighted by Gasteiger charge is 2.30. The SMILES string of the molecule is Cl.NCCOc1ccc(NC(=O)c2ccc(S(=O)(=O)C3CCCC3)cc2)cc1. The summed E-state index contributed by atoms with van der Waals surface area (Å²) in [5.41, 5.74) is 6.42. The Kier molecular flexibility index (Phi) is 7.86. The first-order valence-electron chi connectivity index (χ1n) is 9.09. The monoisotopic (exact) mass is 424 g/mol. The minimum absolute atomic E-state index is 0. The van der Waals surface area contributed by atoms with Crippen LogP contribution in [0.2, 0.25) is 0 Å². The zero-order valence-electron chi connectivity index (χ0n) is 15.5. The van der Waals surface area contributed by atoms with Crippen molar-refractivity contribution in [2.24, 2.45) is 5.73 Å². The van der Waals surface area contributed by atoms with E-state index in [1.165, 1.54) is 12.1 Å². The Morgan fingerprint density at radius 1 is 1.04 bits per heavy atom. The van der Waals surface area contributed by atoms with Crippen LogP contribution in [0.3, 0.4) is 0 Å². The normalized spacial score (nSPS) is 14.3. The minimum atomic E-state index is -3.31. The molecule has 3 N–H and O–H groups in total. The minimum Gasteiger partial charge on any atom is -0.492 e. The van der Waals surface area contributed by atoms with Crippen molar-refractivity contribution in [2.75, 3.05) is 18.5 Å². The van der Waals surface area contributed by atoms with Crippen LogP contribution in [0.1, 0.15) is 36.0 Å². The number of anilines is 1. The van der Waals surface area contributed by atoms with Gasteiger partial charge in [0, 0.05) is 17.8 Å². The van der Waals surface area contributed by atoms with E-state index < -0.39 is 9.84 Å². The molecule has 1 amide bonds. The van der Waals surface area contributed by atoms with Gasteiger partial charge < -0.3 is 15.8 Å². The van der Waals surface area contributed by atoms with Crippen molar-refractivity contribution < 1.29 is 17.9 Å². The topological polar surface area (TPSA) is 98.5 Å². The van der Waals surface area contributed by atoms with Crippen molar-refractivity contribution in [3.63, 3.8) is 0 Å². The van der Waals surface area contributed by atoms with E-state index in [0.29, 0.717) is 30.2 Å². The molecule has 1 aliphatic carbocycles. The number of hydrogen-bond acceptors (Lipinski definition) is 5. The van der Waals surface area contributed by atoms with Gasteiger partial charge in [0.15, 0.2) is 9.84 Å². The fourth-order valence-electron chi connectivity index (χ4n) is 3.20. The lowest BCUT2D eigenvalue weighted by atomic mass is 10.2. The number of rotatable bonds is 7. The molecule has 1 fully saturated rings. The highest BCUT2D eigenvalue weighted by Crippen LogP contribution is 2.29. The predicted octanol–water partition coefficient (Wildman–Crippen LogP) is 3.41. The lowest BCUT2D eigenvalue weighted by Crippen LogP contribution is -2.18. The quantitative estimate of drug-likeness (QED) is 0.709. The Labute approximate surface area is 171 Å². The maximum absolute atomic E-state index is 12.6. The molecular formula is C20H25ClN2O4S. The third-order valence-electron chi connectivity index (χ3n) is 4.68. The lowest BCUT2D eigenvalue weighted by molar-refractivity contribution is 0.102. The molecule has 8 heteroatoms. The molecule has 1 saturated carbocycles. The van der Waals surface area contributed by atoms with Crippen LogP contribution in [0.5, 0.6) is 5.75 Å². The van der Waals surface area contributed by atoms with E-state index in [1.807, 2.05) is 0 Å². The smallest absolute Gasteiger partial charge is 0.255 e. The van der Waals surface area contributed by atoms with E-state index >= 15 is 0 Å². The molecule has 0 aromatic heterocycles. The number of nitrogens with one attached hydrogen (secondary N) is 1. The molecule has 0 saturated heterocycles. The van der Waals surface area contributed by atoms with Crippen molar-refractivity contribution in [3.8, 4) is 5.75 Å². The number of sulfone groups is 1. The second kappa shape index (κ2) is 9.91. The molecule has 152 valence electrons. The zero-order chi connectivity index (χ0) is 19.3. The first-order valence-corrected chi connectivity index (χ1v) is 10.6. The average molecular weight is 425 g/mol. The molecule has 0 bridgehead atoms. The summed E-state index contributed by atoms with van der Waals surface area (Å²) in [6, 6.07) is 13.1. The highest BCUT2D eigenvalue weighted by molar-refractivity contribution is 7.92. The van der Waals surface area contributed by atoms with Gasteiger partial charge in [-0.15, -0.1) is 12.4 Å². The van der Waals surface area contributed by atoms with E-state index in [0.717, 1.165) is 25.7 Å². The summed E-state index contributed by atoms with van der Waals surface area (Å²) in [5.74, 6) is 0.385. The Balaban J connectivity index is 0.00000280. The summed E-state index contributed by atoms with van der Waals surface area (Å²) in [6.45, 7) is 0.868. The van der Waals surface area contributed by atoms with E-state index in [2.05, 4.69) is 5.32 Å². The first-order chi connectivity index (χ1) is 13.0. The van der Waals surface area contributed by atoms with Crippen LogP contribution in [0.4, 0.5) is 5.69 Å². The molecule has 1 aliphatic rings. The Morgan fingerprint density at radius 2 is 1.64 bits per heavy atom. The third kappa shape index (κ3) is 5.25. The van der Waals surface area contributed by atoms with Crippen molar-refractivity contribution in [1.82, 2.24) is 0 Å². The number of hydrogen-bond donors (Lipinski definition) is 2. The molecule has 0 atom stereocenters. The Bertz CT molecular complexity index is 877. The van der Waals surface area contributed by atoms with Crippen molar-refractivity contribution >= 4 is 33.8 Å². The van der Waals surface area contributed by atoms with E-state index in [4.69, 9.17) is 10.5 Å². The number of benzene rings is 2.